The summed E-state index contributed by atoms with van der Waals surface area (Å²) in [5.74, 6) is 0.828. The molecule has 2 N–H and O–H groups in total. The number of rotatable bonds is 6. The lowest BCUT2D eigenvalue weighted by atomic mass is 9.88. The molecule has 0 saturated carbocycles. The summed E-state index contributed by atoms with van der Waals surface area (Å²) in [5, 5.41) is 7.66. The number of likely N-dealkylation sites (N-methyl/N-ethyl adjacent to an activating group) is 1. The van der Waals surface area contributed by atoms with Gasteiger partial charge in [-0.3, -0.25) is 4.99 Å². The van der Waals surface area contributed by atoms with Gasteiger partial charge in [-0.15, -0.1) is 24.0 Å². The van der Waals surface area contributed by atoms with Crippen LogP contribution in [0.3, 0.4) is 0 Å². The minimum absolute atomic E-state index is 0. The molecule has 1 saturated heterocycles. The zero-order chi connectivity index (χ0) is 17.4. The molecule has 0 unspecified atom stereocenters. The van der Waals surface area contributed by atoms with Crippen molar-refractivity contribution in [2.45, 2.75) is 24.8 Å². The fourth-order valence-corrected chi connectivity index (χ4v) is 3.25. The number of halogens is 2. The molecule has 0 bridgehead atoms. The summed E-state index contributed by atoms with van der Waals surface area (Å²) in [5.41, 5.74) is 1.27. The number of ether oxygens (including phenoxy) is 1. The monoisotopic (exact) mass is 480 g/mol. The molecule has 1 aromatic carbocycles. The Bertz CT molecular complexity index is 548. The van der Waals surface area contributed by atoms with Crippen LogP contribution < -0.4 is 10.6 Å². The van der Waals surface area contributed by atoms with Gasteiger partial charge in [-0.05, 0) is 45.0 Å². The van der Waals surface area contributed by atoms with Crippen LogP contribution in [0.25, 0.3) is 0 Å². The normalized spacial score (nSPS) is 17.1. The van der Waals surface area contributed by atoms with Crippen LogP contribution in [0.1, 0.15) is 18.4 Å². The molecule has 1 heterocycles. The molecule has 2 rings (SSSR count). The van der Waals surface area contributed by atoms with Gasteiger partial charge in [0.25, 0.3) is 0 Å². The first-order chi connectivity index (χ1) is 11.6. The van der Waals surface area contributed by atoms with E-state index in [9.17, 15) is 0 Å². The minimum Gasteiger partial charge on any atom is -0.381 e. The number of hydrogen-bond donors (Lipinski definition) is 2. The van der Waals surface area contributed by atoms with E-state index in [1.165, 1.54) is 0 Å². The Morgan fingerprint density at radius 3 is 2.52 bits per heavy atom. The Hall–Kier alpha value is -0.570. The van der Waals surface area contributed by atoms with Gasteiger partial charge in [0.2, 0.25) is 0 Å². The first kappa shape index (κ1) is 22.5. The third-order valence-corrected chi connectivity index (χ3v) is 5.19. The van der Waals surface area contributed by atoms with Crippen LogP contribution in [0.15, 0.2) is 29.3 Å². The third-order valence-electron chi connectivity index (χ3n) is 4.83. The van der Waals surface area contributed by atoms with E-state index in [0.717, 1.165) is 62.1 Å². The van der Waals surface area contributed by atoms with E-state index in [2.05, 4.69) is 40.7 Å². The highest BCUT2D eigenvalue weighted by Gasteiger charge is 2.34. The second kappa shape index (κ2) is 11.2. The molecule has 0 aliphatic carbocycles. The molecule has 142 valence electrons. The molecule has 1 aromatic rings. The van der Waals surface area contributed by atoms with E-state index in [1.807, 2.05) is 18.2 Å². The highest BCUT2D eigenvalue weighted by molar-refractivity contribution is 14.0. The summed E-state index contributed by atoms with van der Waals surface area (Å²) in [6.07, 6.45) is 2.93. The van der Waals surface area contributed by atoms with Crippen LogP contribution in [-0.2, 0) is 11.2 Å². The van der Waals surface area contributed by atoms with Gasteiger partial charge in [-0.1, -0.05) is 29.8 Å². The van der Waals surface area contributed by atoms with Gasteiger partial charge in [0.1, 0.15) is 0 Å². The molecule has 7 heteroatoms. The van der Waals surface area contributed by atoms with Crippen molar-refractivity contribution in [1.29, 1.82) is 0 Å². The first-order valence-electron chi connectivity index (χ1n) is 8.50. The van der Waals surface area contributed by atoms with Crippen LogP contribution in [-0.4, -0.2) is 63.8 Å². The molecule has 5 nitrogen and oxygen atoms in total. The van der Waals surface area contributed by atoms with E-state index >= 15 is 0 Å². The summed E-state index contributed by atoms with van der Waals surface area (Å²) in [6, 6.07) is 7.95. The summed E-state index contributed by atoms with van der Waals surface area (Å²) >= 11 is 6.20. The van der Waals surface area contributed by atoms with E-state index in [0.29, 0.717) is 0 Å². The van der Waals surface area contributed by atoms with E-state index < -0.39 is 0 Å². The van der Waals surface area contributed by atoms with Gasteiger partial charge in [0.05, 0.1) is 0 Å². The molecule has 25 heavy (non-hydrogen) atoms. The summed E-state index contributed by atoms with van der Waals surface area (Å²) in [6.45, 7) is 3.29. The molecule has 1 fully saturated rings. The molecular formula is C18H30ClIN4O. The summed E-state index contributed by atoms with van der Waals surface area (Å²) in [7, 11) is 6.08. The second-order valence-electron chi connectivity index (χ2n) is 6.43. The first-order valence-corrected chi connectivity index (χ1v) is 8.88. The van der Waals surface area contributed by atoms with Crippen molar-refractivity contribution in [2.24, 2.45) is 4.99 Å². The van der Waals surface area contributed by atoms with E-state index in [1.54, 1.807) is 7.05 Å². The van der Waals surface area contributed by atoms with Crippen molar-refractivity contribution < 1.29 is 4.74 Å². The van der Waals surface area contributed by atoms with Gasteiger partial charge < -0.3 is 20.3 Å². The SMILES string of the molecule is CN=C(NCCc1ccccc1Cl)NCC1(N(C)C)CCOCC1.I. The maximum atomic E-state index is 6.20. The van der Waals surface area contributed by atoms with Crippen LogP contribution in [0.2, 0.25) is 5.02 Å². The number of benzene rings is 1. The molecule has 0 amide bonds. The Morgan fingerprint density at radius 2 is 1.92 bits per heavy atom. The Balaban J connectivity index is 0.00000312. The largest absolute Gasteiger partial charge is 0.381 e. The number of hydrogen-bond acceptors (Lipinski definition) is 3. The molecule has 1 aliphatic heterocycles. The van der Waals surface area contributed by atoms with Crippen LogP contribution in [0.4, 0.5) is 0 Å². The molecule has 1 aliphatic rings. The number of nitrogens with one attached hydrogen (secondary N) is 2. The molecule has 0 atom stereocenters. The Morgan fingerprint density at radius 1 is 1.24 bits per heavy atom. The van der Waals surface area contributed by atoms with Gasteiger partial charge in [-0.2, -0.15) is 0 Å². The van der Waals surface area contributed by atoms with Crippen molar-refractivity contribution >= 4 is 41.5 Å². The lowest BCUT2D eigenvalue weighted by Crippen LogP contribution is -2.57. The van der Waals surface area contributed by atoms with Gasteiger partial charge >= 0.3 is 0 Å². The third kappa shape index (κ3) is 6.58. The average molecular weight is 481 g/mol. The summed E-state index contributed by atoms with van der Waals surface area (Å²) < 4.78 is 5.52. The van der Waals surface area contributed by atoms with Crippen molar-refractivity contribution in [3.8, 4) is 0 Å². The fraction of sp³-hybridized carbons (Fsp3) is 0.611. The molecule has 0 spiro atoms. The van der Waals surface area contributed by atoms with Gasteiger partial charge in [0.15, 0.2) is 5.96 Å². The van der Waals surface area contributed by atoms with Crippen LogP contribution in [0.5, 0.6) is 0 Å². The molecular weight excluding hydrogens is 451 g/mol. The van der Waals surface area contributed by atoms with E-state index in [4.69, 9.17) is 16.3 Å². The fourth-order valence-electron chi connectivity index (χ4n) is 3.02. The van der Waals surface area contributed by atoms with E-state index in [-0.39, 0.29) is 29.5 Å². The quantitative estimate of drug-likeness (QED) is 0.373. The zero-order valence-electron chi connectivity index (χ0n) is 15.3. The second-order valence-corrected chi connectivity index (χ2v) is 6.83. The number of guanidine groups is 1. The standard InChI is InChI=1S/C18H29ClN4O.HI/c1-20-17(21-11-8-15-6-4-5-7-16(15)19)22-14-18(23(2)3)9-12-24-13-10-18;/h4-7H,8-14H2,1-3H3,(H2,20,21,22);1H. The number of nitrogens with zero attached hydrogens (tertiary/aromatic N) is 2. The molecule has 0 aromatic heterocycles. The lowest BCUT2D eigenvalue weighted by molar-refractivity contribution is -0.00500. The lowest BCUT2D eigenvalue weighted by Gasteiger charge is -2.43. The number of aliphatic imine (C=N–C) groups is 1. The zero-order valence-corrected chi connectivity index (χ0v) is 18.4. The smallest absolute Gasteiger partial charge is 0.191 e. The topological polar surface area (TPSA) is 48.9 Å². The highest BCUT2D eigenvalue weighted by Crippen LogP contribution is 2.25. The van der Waals surface area contributed by atoms with Crippen LogP contribution >= 0.6 is 35.6 Å². The average Bonchev–Trinajstić information content (AvgIpc) is 2.60. The van der Waals surface area contributed by atoms with Gasteiger partial charge in [-0.25, -0.2) is 0 Å². The minimum atomic E-state index is 0. The molecule has 0 radical (unpaired) electrons. The van der Waals surface area contributed by atoms with Gasteiger partial charge in [0, 0.05) is 43.9 Å². The highest BCUT2D eigenvalue weighted by atomic mass is 127. The van der Waals surface area contributed by atoms with Crippen molar-refractivity contribution in [2.75, 3.05) is 47.4 Å². The Kier molecular flexibility index (Phi) is 10.1. The van der Waals surface area contributed by atoms with Crippen LogP contribution in [0, 0.1) is 0 Å². The maximum Gasteiger partial charge on any atom is 0.191 e. The maximum absolute atomic E-state index is 6.20. The van der Waals surface area contributed by atoms with Crippen molar-refractivity contribution in [1.82, 2.24) is 15.5 Å². The predicted molar refractivity (Wildman–Crippen MR) is 116 cm³/mol. The Labute approximate surface area is 173 Å². The summed E-state index contributed by atoms with van der Waals surface area (Å²) in [4.78, 5) is 6.63. The van der Waals surface area contributed by atoms with Crippen molar-refractivity contribution in [3.63, 3.8) is 0 Å². The van der Waals surface area contributed by atoms with Crippen molar-refractivity contribution in [3.05, 3.63) is 34.9 Å². The predicted octanol–water partition coefficient (Wildman–Crippen LogP) is 2.78.